The van der Waals surface area contributed by atoms with Gasteiger partial charge in [-0.15, -0.1) is 0 Å². The highest BCUT2D eigenvalue weighted by Gasteiger charge is 2.15. The highest BCUT2D eigenvalue weighted by molar-refractivity contribution is 5.96. The highest BCUT2D eigenvalue weighted by atomic mass is 16.5. The summed E-state index contributed by atoms with van der Waals surface area (Å²) in [5, 5.41) is 4.30. The van der Waals surface area contributed by atoms with Crippen LogP contribution in [-0.2, 0) is 12.8 Å². The molecule has 1 amide bonds. The molecule has 2 aromatic carbocycles. The molecule has 0 bridgehead atoms. The number of methoxy groups -OCH3 is 2. The number of carbonyl (C=O) groups is 1. The lowest BCUT2D eigenvalue weighted by atomic mass is 9.90. The minimum Gasteiger partial charge on any atom is -0.493 e. The first-order valence-corrected chi connectivity index (χ1v) is 7.86. The third-order valence-corrected chi connectivity index (χ3v) is 4.16. The maximum Gasteiger partial charge on any atom is 0.271 e. The predicted octanol–water partition coefficient (Wildman–Crippen LogP) is 2.98. The van der Waals surface area contributed by atoms with Gasteiger partial charge >= 0.3 is 0 Å². The second-order valence-electron chi connectivity index (χ2n) is 5.63. The Morgan fingerprint density at radius 3 is 2.50 bits per heavy atom. The molecular weight excluding hydrogens is 304 g/mol. The van der Waals surface area contributed by atoms with Crippen LogP contribution in [0.3, 0.4) is 0 Å². The fraction of sp³-hybridized carbons (Fsp3) is 0.263. The van der Waals surface area contributed by atoms with Gasteiger partial charge in [0.1, 0.15) is 0 Å². The van der Waals surface area contributed by atoms with Gasteiger partial charge in [0.15, 0.2) is 11.5 Å². The van der Waals surface area contributed by atoms with Gasteiger partial charge in [-0.1, -0.05) is 24.3 Å². The molecule has 0 saturated heterocycles. The van der Waals surface area contributed by atoms with Crippen LogP contribution < -0.4 is 14.9 Å². The Hall–Kier alpha value is -2.82. The number of nitrogens with zero attached hydrogens (tertiary/aromatic N) is 1. The summed E-state index contributed by atoms with van der Waals surface area (Å²) in [7, 11) is 3.10. The number of hydrogen-bond acceptors (Lipinski definition) is 4. The lowest BCUT2D eigenvalue weighted by Gasteiger charge is -2.17. The average Bonchev–Trinajstić information content (AvgIpc) is 2.65. The summed E-state index contributed by atoms with van der Waals surface area (Å²) >= 11 is 0. The van der Waals surface area contributed by atoms with Gasteiger partial charge in [0, 0.05) is 17.7 Å². The van der Waals surface area contributed by atoms with E-state index >= 15 is 0 Å². The van der Waals surface area contributed by atoms with E-state index < -0.39 is 0 Å². The van der Waals surface area contributed by atoms with Gasteiger partial charge in [0.05, 0.1) is 14.2 Å². The first-order valence-electron chi connectivity index (χ1n) is 7.86. The molecule has 124 valence electrons. The van der Waals surface area contributed by atoms with Crippen molar-refractivity contribution in [2.24, 2.45) is 5.10 Å². The Bertz CT molecular complexity index is 784. The monoisotopic (exact) mass is 324 g/mol. The molecule has 0 spiro atoms. The molecule has 0 atom stereocenters. The molecule has 2 aromatic rings. The molecule has 3 rings (SSSR count). The molecule has 1 N–H and O–H groups in total. The Balaban J connectivity index is 1.70. The fourth-order valence-corrected chi connectivity index (χ4v) is 2.83. The van der Waals surface area contributed by atoms with Crippen molar-refractivity contribution in [2.45, 2.75) is 19.3 Å². The van der Waals surface area contributed by atoms with Crippen molar-refractivity contribution in [1.29, 1.82) is 0 Å². The summed E-state index contributed by atoms with van der Waals surface area (Å²) in [6.45, 7) is 0. The number of carbonyl (C=O) groups excluding carboxylic acids is 1. The quantitative estimate of drug-likeness (QED) is 0.880. The minimum atomic E-state index is -0.262. The van der Waals surface area contributed by atoms with Gasteiger partial charge in [0.25, 0.3) is 5.91 Å². The molecule has 0 aliphatic heterocycles. The Kier molecular flexibility index (Phi) is 4.79. The third-order valence-electron chi connectivity index (χ3n) is 4.16. The molecule has 5 heteroatoms. The van der Waals surface area contributed by atoms with Gasteiger partial charge in [-0.25, -0.2) is 5.43 Å². The van der Waals surface area contributed by atoms with Crippen molar-refractivity contribution < 1.29 is 14.3 Å². The first-order chi connectivity index (χ1) is 11.7. The summed E-state index contributed by atoms with van der Waals surface area (Å²) in [6.07, 6.45) is 2.60. The summed E-state index contributed by atoms with van der Waals surface area (Å²) in [5.74, 6) is 0.843. The van der Waals surface area contributed by atoms with Crippen LogP contribution in [0.4, 0.5) is 0 Å². The number of ether oxygens (including phenoxy) is 2. The molecule has 0 unspecified atom stereocenters. The highest BCUT2D eigenvalue weighted by Crippen LogP contribution is 2.27. The van der Waals surface area contributed by atoms with Crippen LogP contribution in [0.1, 0.15) is 27.9 Å². The molecule has 24 heavy (non-hydrogen) atoms. The van der Waals surface area contributed by atoms with Gasteiger partial charge < -0.3 is 9.47 Å². The molecule has 1 aliphatic rings. The van der Waals surface area contributed by atoms with E-state index in [1.54, 1.807) is 32.4 Å². The van der Waals surface area contributed by atoms with E-state index in [1.165, 1.54) is 11.1 Å². The van der Waals surface area contributed by atoms with Gasteiger partial charge in [-0.3, -0.25) is 4.79 Å². The number of hydrazone groups is 1. The molecule has 0 saturated carbocycles. The second-order valence-corrected chi connectivity index (χ2v) is 5.63. The molecule has 1 aliphatic carbocycles. The maximum absolute atomic E-state index is 12.3. The smallest absolute Gasteiger partial charge is 0.271 e. The Morgan fingerprint density at radius 2 is 1.75 bits per heavy atom. The largest absolute Gasteiger partial charge is 0.493 e. The summed E-state index contributed by atoms with van der Waals surface area (Å²) < 4.78 is 10.4. The number of hydrogen-bond donors (Lipinski definition) is 1. The number of fused-ring (bicyclic) bond motifs is 1. The van der Waals surface area contributed by atoms with Crippen LogP contribution in [0.15, 0.2) is 47.6 Å². The number of rotatable bonds is 4. The van der Waals surface area contributed by atoms with E-state index in [0.717, 1.165) is 25.0 Å². The van der Waals surface area contributed by atoms with Gasteiger partial charge in [-0.2, -0.15) is 5.10 Å². The zero-order valence-electron chi connectivity index (χ0n) is 13.8. The molecule has 0 fully saturated rings. The van der Waals surface area contributed by atoms with Crippen LogP contribution in [-0.4, -0.2) is 25.8 Å². The maximum atomic E-state index is 12.3. The molecule has 0 radical (unpaired) electrons. The number of aryl methyl sites for hydroxylation is 1. The number of benzene rings is 2. The van der Waals surface area contributed by atoms with E-state index in [9.17, 15) is 4.79 Å². The van der Waals surface area contributed by atoms with Crippen LogP contribution in [0.2, 0.25) is 0 Å². The second kappa shape index (κ2) is 7.17. The van der Waals surface area contributed by atoms with Gasteiger partial charge in [0.2, 0.25) is 0 Å². The summed E-state index contributed by atoms with van der Waals surface area (Å²) in [5.41, 5.74) is 6.75. The van der Waals surface area contributed by atoms with E-state index in [-0.39, 0.29) is 5.91 Å². The lowest BCUT2D eigenvalue weighted by molar-refractivity contribution is 0.0954. The summed E-state index contributed by atoms with van der Waals surface area (Å²) in [4.78, 5) is 12.3. The fourth-order valence-electron chi connectivity index (χ4n) is 2.83. The van der Waals surface area contributed by atoms with Crippen molar-refractivity contribution >= 4 is 11.6 Å². The SMILES string of the molecule is COc1ccc(C(=O)N/N=C2/CCc3ccccc3C2)cc1OC. The topological polar surface area (TPSA) is 59.9 Å². The van der Waals surface area contributed by atoms with Crippen molar-refractivity contribution in [3.8, 4) is 11.5 Å². The Labute approximate surface area is 141 Å². The first kappa shape index (κ1) is 16.1. The molecule has 5 nitrogen and oxygen atoms in total. The van der Waals surface area contributed by atoms with Crippen molar-refractivity contribution in [3.63, 3.8) is 0 Å². The Morgan fingerprint density at radius 1 is 1.00 bits per heavy atom. The number of nitrogens with one attached hydrogen (secondary N) is 1. The van der Waals surface area contributed by atoms with E-state index in [0.29, 0.717) is 17.1 Å². The van der Waals surface area contributed by atoms with Crippen molar-refractivity contribution in [2.75, 3.05) is 14.2 Å². The van der Waals surface area contributed by atoms with E-state index in [4.69, 9.17) is 9.47 Å². The minimum absolute atomic E-state index is 0.262. The zero-order chi connectivity index (χ0) is 16.9. The lowest BCUT2D eigenvalue weighted by Crippen LogP contribution is -2.22. The van der Waals surface area contributed by atoms with E-state index in [1.807, 2.05) is 6.07 Å². The van der Waals surface area contributed by atoms with Crippen LogP contribution in [0.5, 0.6) is 11.5 Å². The van der Waals surface area contributed by atoms with E-state index in [2.05, 4.69) is 28.7 Å². The average molecular weight is 324 g/mol. The zero-order valence-corrected chi connectivity index (χ0v) is 13.8. The predicted molar refractivity (Wildman–Crippen MR) is 92.9 cm³/mol. The summed E-state index contributed by atoms with van der Waals surface area (Å²) in [6, 6.07) is 13.4. The van der Waals surface area contributed by atoms with Crippen LogP contribution >= 0.6 is 0 Å². The van der Waals surface area contributed by atoms with Crippen molar-refractivity contribution in [3.05, 3.63) is 59.2 Å². The third kappa shape index (κ3) is 3.40. The number of amides is 1. The van der Waals surface area contributed by atoms with Gasteiger partial charge in [-0.05, 0) is 42.2 Å². The molecular formula is C19H20N2O3. The standard InChI is InChI=1S/C19H20N2O3/c1-23-17-10-8-15(12-18(17)24-2)19(22)21-20-16-9-7-13-5-3-4-6-14(13)11-16/h3-6,8,10,12H,7,9,11H2,1-2H3,(H,21,22)/b20-16-. The van der Waals surface area contributed by atoms with Crippen LogP contribution in [0, 0.1) is 0 Å². The van der Waals surface area contributed by atoms with Crippen LogP contribution in [0.25, 0.3) is 0 Å². The molecule has 0 aromatic heterocycles. The normalized spacial score (nSPS) is 14.8. The molecule has 0 heterocycles. The van der Waals surface area contributed by atoms with Crippen molar-refractivity contribution in [1.82, 2.24) is 5.43 Å².